The van der Waals surface area contributed by atoms with Crippen LogP contribution in [0.5, 0.6) is 11.5 Å². The van der Waals surface area contributed by atoms with Crippen LogP contribution in [-0.4, -0.2) is 29.9 Å². The summed E-state index contributed by atoms with van der Waals surface area (Å²) in [5, 5.41) is 7.31. The zero-order valence-corrected chi connectivity index (χ0v) is 17.4. The SMILES string of the molecule is COc1cccc(Cn2nccc2NC(=O)CCc2ccc(C)cc2C)c1OC. The molecular weight excluding hydrogens is 366 g/mol. The van der Waals surface area contributed by atoms with Gasteiger partial charge < -0.3 is 14.8 Å². The first-order chi connectivity index (χ1) is 14.0. The number of nitrogens with zero attached hydrogens (tertiary/aromatic N) is 2. The van der Waals surface area contributed by atoms with E-state index in [2.05, 4.69) is 42.5 Å². The van der Waals surface area contributed by atoms with Crippen molar-refractivity contribution in [3.63, 3.8) is 0 Å². The first kappa shape index (κ1) is 20.5. The van der Waals surface area contributed by atoms with E-state index in [9.17, 15) is 4.79 Å². The van der Waals surface area contributed by atoms with Crippen molar-refractivity contribution >= 4 is 11.7 Å². The number of benzene rings is 2. The van der Waals surface area contributed by atoms with Crippen molar-refractivity contribution in [3.8, 4) is 11.5 Å². The minimum absolute atomic E-state index is 0.0377. The number of para-hydroxylation sites is 1. The van der Waals surface area contributed by atoms with E-state index >= 15 is 0 Å². The summed E-state index contributed by atoms with van der Waals surface area (Å²) in [6, 6.07) is 13.8. The lowest BCUT2D eigenvalue weighted by Crippen LogP contribution is -2.17. The highest BCUT2D eigenvalue weighted by Gasteiger charge is 2.13. The predicted octanol–water partition coefficient (Wildman–Crippen LogP) is 4.14. The second-order valence-corrected chi connectivity index (χ2v) is 7.00. The number of nitrogens with one attached hydrogen (secondary N) is 1. The van der Waals surface area contributed by atoms with Crippen molar-refractivity contribution in [3.05, 3.63) is 70.9 Å². The van der Waals surface area contributed by atoms with E-state index < -0.39 is 0 Å². The van der Waals surface area contributed by atoms with Gasteiger partial charge in [-0.3, -0.25) is 4.79 Å². The van der Waals surface area contributed by atoms with Gasteiger partial charge in [-0.15, -0.1) is 0 Å². The highest BCUT2D eigenvalue weighted by molar-refractivity contribution is 5.90. The highest BCUT2D eigenvalue weighted by Crippen LogP contribution is 2.31. The van der Waals surface area contributed by atoms with Gasteiger partial charge in [0.05, 0.1) is 27.0 Å². The van der Waals surface area contributed by atoms with E-state index in [0.29, 0.717) is 36.7 Å². The lowest BCUT2D eigenvalue weighted by Gasteiger charge is -2.14. The Morgan fingerprint density at radius 3 is 2.62 bits per heavy atom. The molecule has 0 bridgehead atoms. The van der Waals surface area contributed by atoms with Crippen LogP contribution in [-0.2, 0) is 17.8 Å². The van der Waals surface area contributed by atoms with Gasteiger partial charge in [-0.05, 0) is 37.5 Å². The zero-order valence-electron chi connectivity index (χ0n) is 17.4. The molecule has 2 aromatic carbocycles. The fraction of sp³-hybridized carbons (Fsp3) is 0.304. The van der Waals surface area contributed by atoms with Gasteiger partial charge in [-0.1, -0.05) is 35.9 Å². The maximum atomic E-state index is 12.5. The molecule has 0 saturated carbocycles. The Labute approximate surface area is 171 Å². The zero-order chi connectivity index (χ0) is 20.8. The minimum atomic E-state index is -0.0377. The highest BCUT2D eigenvalue weighted by atomic mass is 16.5. The smallest absolute Gasteiger partial charge is 0.225 e. The van der Waals surface area contributed by atoms with Crippen molar-refractivity contribution in [1.29, 1.82) is 0 Å². The number of rotatable bonds is 8. The maximum absolute atomic E-state index is 12.5. The molecule has 1 heterocycles. The van der Waals surface area contributed by atoms with Gasteiger partial charge >= 0.3 is 0 Å². The monoisotopic (exact) mass is 393 g/mol. The molecule has 3 rings (SSSR count). The summed E-state index contributed by atoms with van der Waals surface area (Å²) in [4.78, 5) is 12.5. The molecule has 6 heteroatoms. The van der Waals surface area contributed by atoms with Gasteiger partial charge in [0.1, 0.15) is 5.82 Å². The molecule has 0 unspecified atom stereocenters. The van der Waals surface area contributed by atoms with E-state index in [-0.39, 0.29) is 5.91 Å². The molecule has 0 atom stereocenters. The summed E-state index contributed by atoms with van der Waals surface area (Å²) in [6.07, 6.45) is 2.79. The molecule has 6 nitrogen and oxygen atoms in total. The summed E-state index contributed by atoms with van der Waals surface area (Å²) in [5.74, 6) is 1.94. The van der Waals surface area contributed by atoms with Crippen LogP contribution in [0.15, 0.2) is 48.7 Å². The normalized spacial score (nSPS) is 10.6. The molecule has 0 aliphatic heterocycles. The van der Waals surface area contributed by atoms with E-state index in [4.69, 9.17) is 9.47 Å². The molecule has 1 aromatic heterocycles. The van der Waals surface area contributed by atoms with Crippen LogP contribution in [0.1, 0.15) is 28.7 Å². The molecule has 0 aliphatic carbocycles. The molecule has 0 fully saturated rings. The molecular formula is C23H27N3O3. The molecule has 0 saturated heterocycles. The lowest BCUT2D eigenvalue weighted by molar-refractivity contribution is -0.116. The molecule has 29 heavy (non-hydrogen) atoms. The summed E-state index contributed by atoms with van der Waals surface area (Å²) in [7, 11) is 3.22. The van der Waals surface area contributed by atoms with Crippen LogP contribution < -0.4 is 14.8 Å². The molecule has 1 N–H and O–H groups in total. The Hall–Kier alpha value is -3.28. The van der Waals surface area contributed by atoms with Gasteiger partial charge in [-0.2, -0.15) is 5.10 Å². The quantitative estimate of drug-likeness (QED) is 0.625. The number of carbonyl (C=O) groups excluding carboxylic acids is 1. The second kappa shape index (κ2) is 9.28. The summed E-state index contributed by atoms with van der Waals surface area (Å²) in [6.45, 7) is 4.61. The summed E-state index contributed by atoms with van der Waals surface area (Å²) < 4.78 is 12.6. The standard InChI is InChI=1S/C23H27N3O3/c1-16-8-9-18(17(2)14-16)10-11-22(27)25-21-12-13-24-26(21)15-19-6-5-7-20(28-3)23(19)29-4/h5-9,12-14H,10-11,15H2,1-4H3,(H,25,27). The van der Waals surface area contributed by atoms with Crippen LogP contribution in [0.3, 0.4) is 0 Å². The summed E-state index contributed by atoms with van der Waals surface area (Å²) in [5.41, 5.74) is 4.56. The van der Waals surface area contributed by atoms with E-state index in [0.717, 1.165) is 5.56 Å². The average molecular weight is 393 g/mol. The number of ether oxygens (including phenoxy) is 2. The van der Waals surface area contributed by atoms with E-state index in [1.807, 2.05) is 18.2 Å². The fourth-order valence-corrected chi connectivity index (χ4v) is 3.38. The van der Waals surface area contributed by atoms with Crippen LogP contribution >= 0.6 is 0 Å². The summed E-state index contributed by atoms with van der Waals surface area (Å²) >= 11 is 0. The molecule has 0 radical (unpaired) electrons. The third kappa shape index (κ3) is 4.96. The van der Waals surface area contributed by atoms with Crippen molar-refractivity contribution in [1.82, 2.24) is 9.78 Å². The van der Waals surface area contributed by atoms with Gasteiger partial charge in [0.2, 0.25) is 5.91 Å². The van der Waals surface area contributed by atoms with Crippen LogP contribution in [0.2, 0.25) is 0 Å². The second-order valence-electron chi connectivity index (χ2n) is 7.00. The first-order valence-corrected chi connectivity index (χ1v) is 9.59. The number of anilines is 1. The number of amides is 1. The van der Waals surface area contributed by atoms with Crippen molar-refractivity contribution in [2.75, 3.05) is 19.5 Å². The number of methoxy groups -OCH3 is 2. The van der Waals surface area contributed by atoms with Crippen LogP contribution in [0.4, 0.5) is 5.82 Å². The third-order valence-electron chi connectivity index (χ3n) is 4.91. The van der Waals surface area contributed by atoms with Crippen LogP contribution in [0, 0.1) is 13.8 Å². The number of carbonyl (C=O) groups is 1. The molecule has 0 spiro atoms. The Kier molecular flexibility index (Phi) is 6.54. The van der Waals surface area contributed by atoms with Gasteiger partial charge in [0.15, 0.2) is 11.5 Å². The largest absolute Gasteiger partial charge is 0.493 e. The number of aromatic nitrogens is 2. The lowest BCUT2D eigenvalue weighted by atomic mass is 10.0. The Morgan fingerprint density at radius 1 is 1.07 bits per heavy atom. The predicted molar refractivity (Wildman–Crippen MR) is 114 cm³/mol. The first-order valence-electron chi connectivity index (χ1n) is 9.59. The Bertz CT molecular complexity index is 995. The topological polar surface area (TPSA) is 65.4 Å². The number of hydrogen-bond donors (Lipinski definition) is 1. The van der Waals surface area contributed by atoms with Gasteiger partial charge in [0, 0.05) is 18.1 Å². The van der Waals surface area contributed by atoms with Crippen molar-refractivity contribution in [2.24, 2.45) is 0 Å². The van der Waals surface area contributed by atoms with Gasteiger partial charge in [-0.25, -0.2) is 4.68 Å². The van der Waals surface area contributed by atoms with Crippen molar-refractivity contribution in [2.45, 2.75) is 33.2 Å². The Morgan fingerprint density at radius 2 is 1.90 bits per heavy atom. The molecule has 1 amide bonds. The Balaban J connectivity index is 1.67. The van der Waals surface area contributed by atoms with Crippen molar-refractivity contribution < 1.29 is 14.3 Å². The average Bonchev–Trinajstić information content (AvgIpc) is 3.13. The number of hydrogen-bond acceptors (Lipinski definition) is 4. The fourth-order valence-electron chi connectivity index (χ4n) is 3.38. The number of aryl methyl sites for hydroxylation is 3. The molecule has 152 valence electrons. The molecule has 3 aromatic rings. The minimum Gasteiger partial charge on any atom is -0.493 e. The van der Waals surface area contributed by atoms with Gasteiger partial charge in [0.25, 0.3) is 0 Å². The maximum Gasteiger partial charge on any atom is 0.225 e. The van der Waals surface area contributed by atoms with Crippen LogP contribution in [0.25, 0.3) is 0 Å². The molecule has 0 aliphatic rings. The van der Waals surface area contributed by atoms with E-state index in [1.165, 1.54) is 16.7 Å². The third-order valence-corrected chi connectivity index (χ3v) is 4.91. The van der Waals surface area contributed by atoms with E-state index in [1.54, 1.807) is 31.2 Å².